The molecule has 6 nitrogen and oxygen atoms in total. The number of benzene rings is 2. The lowest BCUT2D eigenvalue weighted by Gasteiger charge is -2.37. The topological polar surface area (TPSA) is 71.0 Å². The number of anilines is 3. The summed E-state index contributed by atoms with van der Waals surface area (Å²) in [4.78, 5) is 13.7. The number of hydrogen-bond acceptors (Lipinski definition) is 5. The number of halogens is 1. The van der Waals surface area contributed by atoms with Crippen LogP contribution in [0.2, 0.25) is 0 Å². The molecule has 0 spiro atoms. The van der Waals surface area contributed by atoms with Gasteiger partial charge in [-0.25, -0.2) is 4.39 Å². The van der Waals surface area contributed by atoms with Gasteiger partial charge in [-0.2, -0.15) is 0 Å². The van der Waals surface area contributed by atoms with Crippen molar-refractivity contribution in [1.82, 2.24) is 0 Å². The molecule has 1 fully saturated rings. The first kappa shape index (κ1) is 23.0. The molecule has 1 aliphatic heterocycles. The van der Waals surface area contributed by atoms with Crippen LogP contribution in [0.25, 0.3) is 0 Å². The maximum Gasteiger partial charge on any atom is 0.304 e. The van der Waals surface area contributed by atoms with Gasteiger partial charge in [0.1, 0.15) is 5.82 Å². The Morgan fingerprint density at radius 3 is 2.58 bits per heavy atom. The molecule has 3 rings (SSSR count). The Labute approximate surface area is 183 Å². The number of carboxylic acid groups (broad SMARTS) is 1. The first-order valence-electron chi connectivity index (χ1n) is 10.7. The van der Waals surface area contributed by atoms with E-state index in [1.165, 1.54) is 12.1 Å². The van der Waals surface area contributed by atoms with Crippen LogP contribution in [0, 0.1) is 5.82 Å². The highest BCUT2D eigenvalue weighted by atomic mass is 19.1. The SMILES string of the molecule is CCN(c1ccc([C@H](COC)CC(=O)O)cc1Nc1ccc(F)cc1)C1CCOCC1. The van der Waals surface area contributed by atoms with E-state index >= 15 is 0 Å². The molecular formula is C24H31FN2O4. The summed E-state index contributed by atoms with van der Waals surface area (Å²) in [6.07, 6.45) is 1.90. The van der Waals surface area contributed by atoms with Gasteiger partial charge in [0.25, 0.3) is 0 Å². The van der Waals surface area contributed by atoms with Crippen molar-refractivity contribution < 1.29 is 23.8 Å². The Hall–Kier alpha value is -2.64. The zero-order valence-electron chi connectivity index (χ0n) is 18.1. The Kier molecular flexibility index (Phi) is 8.26. The second kappa shape index (κ2) is 11.1. The number of methoxy groups -OCH3 is 1. The van der Waals surface area contributed by atoms with Crippen LogP contribution in [0.4, 0.5) is 21.5 Å². The van der Waals surface area contributed by atoms with Gasteiger partial charge in [-0.1, -0.05) is 6.07 Å². The minimum absolute atomic E-state index is 0.0133. The van der Waals surface area contributed by atoms with Crippen LogP contribution in [0.15, 0.2) is 42.5 Å². The fraction of sp³-hybridized carbons (Fsp3) is 0.458. The van der Waals surface area contributed by atoms with E-state index in [9.17, 15) is 14.3 Å². The van der Waals surface area contributed by atoms with Crippen molar-refractivity contribution in [2.24, 2.45) is 0 Å². The maximum absolute atomic E-state index is 13.4. The van der Waals surface area contributed by atoms with Gasteiger partial charge in [-0.05, 0) is 61.7 Å². The van der Waals surface area contributed by atoms with Gasteiger partial charge in [-0.3, -0.25) is 4.79 Å². The highest BCUT2D eigenvalue weighted by Gasteiger charge is 2.24. The molecule has 0 unspecified atom stereocenters. The van der Waals surface area contributed by atoms with Crippen molar-refractivity contribution in [2.45, 2.75) is 38.1 Å². The molecule has 0 aromatic heterocycles. The molecule has 1 heterocycles. The standard InChI is InChI=1S/C24H31FN2O4/c1-3-27(21-10-12-31-13-11-21)23-9-4-17(18(16-30-2)15-24(28)29)14-22(23)26-20-7-5-19(25)6-8-20/h4-9,14,18,21,26H,3,10-13,15-16H2,1-2H3,(H,28,29)/t18-/m0/s1. The zero-order valence-corrected chi connectivity index (χ0v) is 18.1. The Balaban J connectivity index is 1.99. The van der Waals surface area contributed by atoms with Crippen LogP contribution in [0.1, 0.15) is 37.7 Å². The van der Waals surface area contributed by atoms with Crippen molar-refractivity contribution in [3.05, 3.63) is 53.8 Å². The minimum Gasteiger partial charge on any atom is -0.481 e. The van der Waals surface area contributed by atoms with E-state index in [0.29, 0.717) is 12.6 Å². The Bertz CT molecular complexity index is 853. The summed E-state index contributed by atoms with van der Waals surface area (Å²) < 4.78 is 24.2. The normalized spacial score (nSPS) is 15.5. The van der Waals surface area contributed by atoms with Gasteiger partial charge < -0.3 is 24.8 Å². The molecule has 31 heavy (non-hydrogen) atoms. The van der Waals surface area contributed by atoms with Crippen LogP contribution in [-0.4, -0.2) is 50.6 Å². The highest BCUT2D eigenvalue weighted by Crippen LogP contribution is 2.35. The summed E-state index contributed by atoms with van der Waals surface area (Å²) in [6.45, 7) is 4.77. The Morgan fingerprint density at radius 1 is 1.26 bits per heavy atom. The van der Waals surface area contributed by atoms with Crippen molar-refractivity contribution >= 4 is 23.0 Å². The third-order valence-corrected chi connectivity index (χ3v) is 5.69. The first-order chi connectivity index (χ1) is 15.0. The lowest BCUT2D eigenvalue weighted by Crippen LogP contribution is -2.39. The minimum atomic E-state index is -0.864. The predicted octanol–water partition coefficient (Wildman–Crippen LogP) is 4.78. The van der Waals surface area contributed by atoms with E-state index in [0.717, 1.165) is 55.2 Å². The van der Waals surface area contributed by atoms with Crippen molar-refractivity contribution in [3.63, 3.8) is 0 Å². The molecule has 1 saturated heterocycles. The van der Waals surface area contributed by atoms with E-state index in [1.54, 1.807) is 19.2 Å². The Morgan fingerprint density at radius 2 is 1.97 bits per heavy atom. The number of nitrogens with one attached hydrogen (secondary N) is 1. The lowest BCUT2D eigenvalue weighted by atomic mass is 9.95. The number of rotatable bonds is 10. The van der Waals surface area contributed by atoms with E-state index in [2.05, 4.69) is 17.1 Å². The summed E-state index contributed by atoms with van der Waals surface area (Å²) >= 11 is 0. The summed E-state index contributed by atoms with van der Waals surface area (Å²) in [5, 5.41) is 12.7. The summed E-state index contributed by atoms with van der Waals surface area (Å²) in [5.74, 6) is -1.42. The van der Waals surface area contributed by atoms with Crippen LogP contribution >= 0.6 is 0 Å². The molecule has 0 bridgehead atoms. The molecule has 2 aromatic carbocycles. The van der Waals surface area contributed by atoms with Crippen LogP contribution in [0.3, 0.4) is 0 Å². The zero-order chi connectivity index (χ0) is 22.2. The van der Waals surface area contributed by atoms with Crippen LogP contribution in [0.5, 0.6) is 0 Å². The van der Waals surface area contributed by atoms with Crippen molar-refractivity contribution in [3.8, 4) is 0 Å². The van der Waals surface area contributed by atoms with Crippen molar-refractivity contribution in [2.75, 3.05) is 43.7 Å². The molecular weight excluding hydrogens is 399 g/mol. The van der Waals surface area contributed by atoms with E-state index in [-0.39, 0.29) is 18.2 Å². The molecule has 2 N–H and O–H groups in total. The van der Waals surface area contributed by atoms with E-state index in [1.807, 2.05) is 18.2 Å². The number of carbonyl (C=O) groups is 1. The van der Waals surface area contributed by atoms with Crippen molar-refractivity contribution in [1.29, 1.82) is 0 Å². The second-order valence-electron chi connectivity index (χ2n) is 7.79. The van der Waals surface area contributed by atoms with Gasteiger partial charge in [0.15, 0.2) is 0 Å². The quantitative estimate of drug-likeness (QED) is 0.565. The summed E-state index contributed by atoms with van der Waals surface area (Å²) in [6, 6.07) is 12.6. The van der Waals surface area contributed by atoms with Gasteiger partial charge in [0.05, 0.1) is 24.4 Å². The van der Waals surface area contributed by atoms with Gasteiger partial charge >= 0.3 is 5.97 Å². The highest BCUT2D eigenvalue weighted by molar-refractivity contribution is 5.77. The molecule has 1 aliphatic rings. The first-order valence-corrected chi connectivity index (χ1v) is 10.7. The summed E-state index contributed by atoms with van der Waals surface area (Å²) in [5.41, 5.74) is 3.56. The lowest BCUT2D eigenvalue weighted by molar-refractivity contribution is -0.137. The largest absolute Gasteiger partial charge is 0.481 e. The molecule has 0 amide bonds. The number of carboxylic acids is 1. The van der Waals surface area contributed by atoms with E-state index < -0.39 is 5.97 Å². The number of aliphatic carboxylic acids is 1. The average Bonchev–Trinajstić information content (AvgIpc) is 2.77. The molecule has 0 radical (unpaired) electrons. The van der Waals surface area contributed by atoms with Gasteiger partial charge in [0.2, 0.25) is 0 Å². The monoisotopic (exact) mass is 430 g/mol. The third kappa shape index (κ3) is 6.18. The molecule has 0 saturated carbocycles. The van der Waals surface area contributed by atoms with Gasteiger partial charge in [-0.15, -0.1) is 0 Å². The molecule has 1 atom stereocenters. The molecule has 7 heteroatoms. The van der Waals surface area contributed by atoms with Crippen LogP contribution < -0.4 is 10.2 Å². The molecule has 0 aliphatic carbocycles. The number of ether oxygens (including phenoxy) is 2. The second-order valence-corrected chi connectivity index (χ2v) is 7.79. The third-order valence-electron chi connectivity index (χ3n) is 5.69. The molecule has 168 valence electrons. The van der Waals surface area contributed by atoms with Crippen LogP contribution in [-0.2, 0) is 14.3 Å². The van der Waals surface area contributed by atoms with E-state index in [4.69, 9.17) is 9.47 Å². The maximum atomic E-state index is 13.4. The summed E-state index contributed by atoms with van der Waals surface area (Å²) in [7, 11) is 1.57. The molecule has 2 aromatic rings. The smallest absolute Gasteiger partial charge is 0.304 e. The fourth-order valence-electron chi connectivity index (χ4n) is 4.15. The fourth-order valence-corrected chi connectivity index (χ4v) is 4.15. The number of hydrogen-bond donors (Lipinski definition) is 2. The predicted molar refractivity (Wildman–Crippen MR) is 120 cm³/mol. The average molecular weight is 431 g/mol. The van der Waals surface area contributed by atoms with Gasteiger partial charge in [0, 0.05) is 44.5 Å². The number of nitrogens with zero attached hydrogens (tertiary/aromatic N) is 1.